The van der Waals surface area contributed by atoms with E-state index in [1.165, 1.54) is 12.1 Å². The number of nitrogens with one attached hydrogen (secondary N) is 3. The largest absolute Gasteiger partial charge is 0.481 e. The van der Waals surface area contributed by atoms with Gasteiger partial charge in [-0.3, -0.25) is 24.2 Å². The molecule has 0 saturated carbocycles. The van der Waals surface area contributed by atoms with Crippen LogP contribution in [0.25, 0.3) is 10.9 Å². The highest BCUT2D eigenvalue weighted by Crippen LogP contribution is 2.39. The molecule has 0 bridgehead atoms. The van der Waals surface area contributed by atoms with Gasteiger partial charge in [0.05, 0.1) is 23.5 Å². The lowest BCUT2D eigenvalue weighted by Crippen LogP contribution is -2.44. The highest BCUT2D eigenvalue weighted by molar-refractivity contribution is 5.97. The molecule has 240 valence electrons. The summed E-state index contributed by atoms with van der Waals surface area (Å²) < 4.78 is 0. The van der Waals surface area contributed by atoms with Crippen molar-refractivity contribution in [2.45, 2.75) is 56.7 Å². The number of rotatable bonds is 14. The number of benzene rings is 2. The first-order chi connectivity index (χ1) is 21.9. The number of H-pyrrole nitrogens is 1. The summed E-state index contributed by atoms with van der Waals surface area (Å²) in [6.07, 6.45) is 5.53. The van der Waals surface area contributed by atoms with Gasteiger partial charge >= 0.3 is 17.9 Å². The van der Waals surface area contributed by atoms with E-state index in [9.17, 15) is 39.0 Å². The van der Waals surface area contributed by atoms with Crippen molar-refractivity contribution >= 4 is 52.3 Å². The van der Waals surface area contributed by atoms with Crippen LogP contribution in [-0.4, -0.2) is 73.6 Å². The Bertz CT molecular complexity index is 1780. The van der Waals surface area contributed by atoms with Crippen molar-refractivity contribution in [3.05, 3.63) is 63.4 Å². The maximum absolute atomic E-state index is 12.9. The second kappa shape index (κ2) is 14.2. The molecule has 15 heteroatoms. The summed E-state index contributed by atoms with van der Waals surface area (Å²) in [5, 5.41) is 32.5. The Morgan fingerprint density at radius 2 is 1.67 bits per heavy atom. The van der Waals surface area contributed by atoms with Crippen LogP contribution in [0.3, 0.4) is 0 Å². The van der Waals surface area contributed by atoms with Gasteiger partial charge in [0.1, 0.15) is 12.1 Å². The van der Waals surface area contributed by atoms with Crippen LogP contribution < -0.4 is 26.8 Å². The summed E-state index contributed by atoms with van der Waals surface area (Å²) in [6.45, 7) is 0.228. The lowest BCUT2D eigenvalue weighted by atomic mass is 10.0. The number of carboxylic acid groups (broad SMARTS) is 3. The zero-order chi connectivity index (χ0) is 33.5. The van der Waals surface area contributed by atoms with Gasteiger partial charge in [0.25, 0.3) is 11.5 Å². The first-order valence-electron chi connectivity index (χ1n) is 14.3. The molecule has 2 amide bonds. The van der Waals surface area contributed by atoms with E-state index in [0.717, 1.165) is 17.5 Å². The fourth-order valence-corrected chi connectivity index (χ4v) is 5.41. The van der Waals surface area contributed by atoms with Crippen LogP contribution in [0.4, 0.5) is 11.6 Å². The van der Waals surface area contributed by atoms with Gasteiger partial charge in [0.15, 0.2) is 0 Å². The van der Waals surface area contributed by atoms with Crippen molar-refractivity contribution < 1.29 is 39.3 Å². The van der Waals surface area contributed by atoms with Gasteiger partial charge in [-0.2, -0.15) is 0 Å². The van der Waals surface area contributed by atoms with Crippen LogP contribution in [0.2, 0.25) is 0 Å². The van der Waals surface area contributed by atoms with E-state index in [1.54, 1.807) is 18.2 Å². The summed E-state index contributed by atoms with van der Waals surface area (Å²) in [5.41, 5.74) is 8.63. The number of fused-ring (bicyclic) bond motifs is 2. The third-order valence-electron chi connectivity index (χ3n) is 7.67. The molecule has 15 nitrogen and oxygen atoms in total. The number of nitrogens with two attached hydrogens (primary N) is 1. The number of amides is 2. The molecule has 0 aliphatic heterocycles. The smallest absolute Gasteiger partial charge is 0.326 e. The van der Waals surface area contributed by atoms with Crippen LogP contribution in [0.15, 0.2) is 41.2 Å². The Labute approximate surface area is 261 Å². The number of anilines is 2. The van der Waals surface area contributed by atoms with E-state index in [-0.39, 0.29) is 42.5 Å². The number of hydrogen-bond donors (Lipinski definition) is 7. The molecular formula is C31H32N6O9. The number of nitrogen functional groups attached to an aromatic ring is 1. The van der Waals surface area contributed by atoms with E-state index in [2.05, 4.69) is 26.5 Å². The number of carboxylic acids is 3. The third kappa shape index (κ3) is 7.78. The number of hydrogen-bond acceptors (Lipinski definition) is 9. The lowest BCUT2D eigenvalue weighted by molar-refractivity contribution is -0.143. The van der Waals surface area contributed by atoms with E-state index in [0.29, 0.717) is 23.0 Å². The molecule has 1 heterocycles. The topological polar surface area (TPSA) is 245 Å². The highest BCUT2D eigenvalue weighted by Gasteiger charge is 2.30. The Hall–Kier alpha value is -5.91. The van der Waals surface area contributed by atoms with Crippen LogP contribution in [-0.2, 0) is 25.6 Å². The Balaban J connectivity index is 1.43. The summed E-state index contributed by atoms with van der Waals surface area (Å²) >= 11 is 0. The second-order valence-electron chi connectivity index (χ2n) is 10.7. The zero-order valence-electron chi connectivity index (χ0n) is 24.5. The minimum absolute atomic E-state index is 0.0316. The molecule has 1 aliphatic rings. The minimum Gasteiger partial charge on any atom is -0.481 e. The SMILES string of the molecule is C#CCN(c1ccc(C(=O)N[C@@H](CCC(=O)N[C@H](CCC(=O)O)C(=O)O)C(=O)O)cc1)C1CCc2cc3nc(N)[nH]c(=O)c3cc21. The van der Waals surface area contributed by atoms with Gasteiger partial charge < -0.3 is 36.6 Å². The number of terminal acetylenes is 1. The Kier molecular flexibility index (Phi) is 10.2. The van der Waals surface area contributed by atoms with Crippen molar-refractivity contribution in [1.82, 2.24) is 20.6 Å². The van der Waals surface area contributed by atoms with Crippen LogP contribution >= 0.6 is 0 Å². The first kappa shape index (κ1) is 33.0. The molecule has 0 saturated heterocycles. The third-order valence-corrected chi connectivity index (χ3v) is 7.67. The van der Waals surface area contributed by atoms with Crippen molar-refractivity contribution in [2.75, 3.05) is 17.2 Å². The number of carbonyl (C=O) groups excluding carboxylic acids is 2. The van der Waals surface area contributed by atoms with Gasteiger partial charge in [-0.05, 0) is 73.2 Å². The number of aryl methyl sites for hydroxylation is 1. The minimum atomic E-state index is -1.46. The average Bonchev–Trinajstić information content (AvgIpc) is 3.41. The lowest BCUT2D eigenvalue weighted by Gasteiger charge is -2.30. The summed E-state index contributed by atoms with van der Waals surface area (Å²) in [6, 6.07) is 6.92. The second-order valence-corrected chi connectivity index (χ2v) is 10.7. The fraction of sp³-hybridized carbons (Fsp3) is 0.323. The monoisotopic (exact) mass is 632 g/mol. The summed E-state index contributed by atoms with van der Waals surface area (Å²) in [4.78, 5) is 80.2. The highest BCUT2D eigenvalue weighted by atomic mass is 16.4. The van der Waals surface area contributed by atoms with Gasteiger partial charge in [0, 0.05) is 24.1 Å². The Morgan fingerprint density at radius 3 is 2.30 bits per heavy atom. The van der Waals surface area contributed by atoms with Gasteiger partial charge in [-0.1, -0.05) is 5.92 Å². The number of aromatic amines is 1. The molecule has 1 aromatic heterocycles. The molecule has 1 aliphatic carbocycles. The van der Waals surface area contributed by atoms with Crippen LogP contribution in [0.1, 0.15) is 59.6 Å². The molecule has 0 radical (unpaired) electrons. The van der Waals surface area contributed by atoms with Gasteiger partial charge in [-0.25, -0.2) is 14.6 Å². The van der Waals surface area contributed by atoms with E-state index in [1.807, 2.05) is 11.0 Å². The maximum Gasteiger partial charge on any atom is 0.326 e. The molecule has 2 aromatic carbocycles. The average molecular weight is 633 g/mol. The molecule has 3 atom stereocenters. The normalized spacial score (nSPS) is 14.8. The predicted octanol–water partition coefficient (Wildman–Crippen LogP) is 1.03. The number of carbonyl (C=O) groups is 5. The van der Waals surface area contributed by atoms with Crippen molar-refractivity contribution in [2.24, 2.45) is 0 Å². The van der Waals surface area contributed by atoms with Gasteiger partial charge in [-0.15, -0.1) is 6.42 Å². The van der Waals surface area contributed by atoms with Crippen molar-refractivity contribution in [3.8, 4) is 12.3 Å². The van der Waals surface area contributed by atoms with Crippen molar-refractivity contribution in [1.29, 1.82) is 0 Å². The standard InChI is InChI=1S/C31H32N6O9/c1-2-13-37(24-10-5-17-14-23-20(15-19(17)24)28(42)36-31(32)35-23)18-6-3-16(4-7-18)27(41)34-22(30(45)46)8-11-25(38)33-21(29(43)44)9-12-26(39)40/h1,3-4,6-7,14-15,21-22,24H,5,8-13H2,(H,33,38)(H,34,41)(H,39,40)(H,43,44)(H,45,46)(H3,32,35,36,42)/t21-,22+,24?/m1/s1. The van der Waals surface area contributed by atoms with E-state index < -0.39 is 54.6 Å². The Morgan fingerprint density at radius 1 is 1.02 bits per heavy atom. The molecule has 46 heavy (non-hydrogen) atoms. The summed E-state index contributed by atoms with van der Waals surface area (Å²) in [7, 11) is 0. The number of aromatic nitrogens is 2. The zero-order valence-corrected chi connectivity index (χ0v) is 24.5. The molecular weight excluding hydrogens is 600 g/mol. The van der Waals surface area contributed by atoms with E-state index >= 15 is 0 Å². The number of nitrogens with zero attached hydrogens (tertiary/aromatic N) is 2. The molecule has 3 aromatic rings. The number of aliphatic carboxylic acids is 3. The quantitative estimate of drug-likeness (QED) is 0.123. The van der Waals surface area contributed by atoms with Gasteiger partial charge in [0.2, 0.25) is 11.9 Å². The first-order valence-corrected chi connectivity index (χ1v) is 14.3. The van der Waals surface area contributed by atoms with E-state index in [4.69, 9.17) is 17.3 Å². The molecule has 1 unspecified atom stereocenters. The van der Waals surface area contributed by atoms with Crippen LogP contribution in [0.5, 0.6) is 0 Å². The molecule has 0 spiro atoms. The van der Waals surface area contributed by atoms with Crippen LogP contribution in [0, 0.1) is 12.3 Å². The summed E-state index contributed by atoms with van der Waals surface area (Å²) in [5.74, 6) is -2.89. The molecule has 4 rings (SSSR count). The fourth-order valence-electron chi connectivity index (χ4n) is 5.41. The maximum atomic E-state index is 12.9. The molecule has 0 fully saturated rings. The molecule has 8 N–H and O–H groups in total. The predicted molar refractivity (Wildman–Crippen MR) is 165 cm³/mol. The van der Waals surface area contributed by atoms with Crippen molar-refractivity contribution in [3.63, 3.8) is 0 Å².